The van der Waals surface area contributed by atoms with E-state index in [1.165, 1.54) is 16.7 Å². The fraction of sp³-hybridized carbons (Fsp3) is 0.500. The summed E-state index contributed by atoms with van der Waals surface area (Å²) >= 11 is 1.83. The first-order valence-corrected chi connectivity index (χ1v) is 6.93. The highest BCUT2D eigenvalue weighted by Gasteiger charge is 2.16. The summed E-state index contributed by atoms with van der Waals surface area (Å²) in [4.78, 5) is 0. The molecule has 0 saturated heterocycles. The first-order valence-electron chi connectivity index (χ1n) is 5.78. The molecule has 1 aromatic rings. The van der Waals surface area contributed by atoms with E-state index in [0.717, 1.165) is 17.9 Å². The molecule has 1 aromatic carbocycles. The molecule has 0 fully saturated rings. The molecule has 1 unspecified atom stereocenters. The number of rotatable bonds is 5. The Balaban J connectivity index is 2.39. The third-order valence-corrected chi connectivity index (χ3v) is 3.60. The molecule has 0 spiro atoms. The largest absolute Gasteiger partial charge is 0.314 e. The summed E-state index contributed by atoms with van der Waals surface area (Å²) in [5.41, 5.74) is 9.05. The third kappa shape index (κ3) is 5.25. The first kappa shape index (κ1) is 14.1. The van der Waals surface area contributed by atoms with Crippen molar-refractivity contribution in [1.29, 1.82) is 5.26 Å². The van der Waals surface area contributed by atoms with Crippen LogP contribution in [0.3, 0.4) is 0 Å². The molecule has 0 aliphatic carbocycles. The number of nitriles is 1. The van der Waals surface area contributed by atoms with Crippen LogP contribution >= 0.6 is 11.8 Å². The van der Waals surface area contributed by atoms with E-state index in [1.807, 2.05) is 11.8 Å². The summed E-state index contributed by atoms with van der Waals surface area (Å²) in [6, 6.07) is 8.73. The molecule has 0 aliphatic heterocycles. The van der Waals surface area contributed by atoms with Gasteiger partial charge in [0.05, 0.1) is 6.07 Å². The molecule has 92 valence electrons. The monoisotopic (exact) mass is 248 g/mol. The van der Waals surface area contributed by atoms with Gasteiger partial charge in [0.15, 0.2) is 0 Å². The van der Waals surface area contributed by atoms with Gasteiger partial charge in [-0.3, -0.25) is 0 Å². The predicted octanol–water partition coefficient (Wildman–Crippen LogP) is 3.17. The smallest absolute Gasteiger partial charge is 0.102 e. The normalized spacial score (nSPS) is 14.1. The summed E-state index contributed by atoms with van der Waals surface area (Å²) in [6.45, 7) is 6.02. The summed E-state index contributed by atoms with van der Waals surface area (Å²) < 4.78 is 0. The molecule has 0 heterocycles. The Hall–Kier alpha value is -0.980. The Morgan fingerprint density at radius 1 is 1.29 bits per heavy atom. The molecule has 2 nitrogen and oxygen atoms in total. The first-order chi connectivity index (χ1) is 7.93. The molecule has 0 amide bonds. The van der Waals surface area contributed by atoms with Crippen molar-refractivity contribution in [2.75, 3.05) is 5.75 Å². The lowest BCUT2D eigenvalue weighted by atomic mass is 10.0. The Bertz CT molecular complexity index is 398. The van der Waals surface area contributed by atoms with Crippen molar-refractivity contribution in [2.45, 2.75) is 38.5 Å². The maximum atomic E-state index is 8.80. The van der Waals surface area contributed by atoms with Gasteiger partial charge >= 0.3 is 0 Å². The number of nitrogens with two attached hydrogens (primary N) is 1. The van der Waals surface area contributed by atoms with Gasteiger partial charge in [0.1, 0.15) is 5.54 Å². The van der Waals surface area contributed by atoms with E-state index < -0.39 is 5.54 Å². The van der Waals surface area contributed by atoms with Gasteiger partial charge in [-0.25, -0.2) is 0 Å². The molecule has 0 aliphatic rings. The van der Waals surface area contributed by atoms with Gasteiger partial charge in [0.2, 0.25) is 0 Å². The molecule has 1 atom stereocenters. The molecule has 0 saturated carbocycles. The van der Waals surface area contributed by atoms with Crippen LogP contribution in [-0.4, -0.2) is 11.3 Å². The topological polar surface area (TPSA) is 49.8 Å². The number of hydrogen-bond donors (Lipinski definition) is 1. The van der Waals surface area contributed by atoms with Crippen molar-refractivity contribution < 1.29 is 0 Å². The molecule has 0 bridgehead atoms. The lowest BCUT2D eigenvalue weighted by molar-refractivity contribution is 0.583. The predicted molar refractivity (Wildman–Crippen MR) is 74.9 cm³/mol. The quantitative estimate of drug-likeness (QED) is 0.814. The molecule has 3 heteroatoms. The number of benzene rings is 1. The second-order valence-corrected chi connectivity index (χ2v) is 5.93. The number of aryl methyl sites for hydroxylation is 2. The zero-order chi connectivity index (χ0) is 12.9. The molecule has 0 aromatic heterocycles. The molecular weight excluding hydrogens is 228 g/mol. The van der Waals surface area contributed by atoms with Crippen LogP contribution in [0.25, 0.3) is 0 Å². The van der Waals surface area contributed by atoms with Crippen LogP contribution in [-0.2, 0) is 5.75 Å². The van der Waals surface area contributed by atoms with Gasteiger partial charge in [-0.05, 0) is 38.5 Å². The lowest BCUT2D eigenvalue weighted by Gasteiger charge is -2.14. The van der Waals surface area contributed by atoms with Crippen LogP contribution in [0.15, 0.2) is 18.2 Å². The molecular formula is C14H20N2S. The minimum Gasteiger partial charge on any atom is -0.314 e. The third-order valence-electron chi connectivity index (χ3n) is 2.57. The molecule has 1 rings (SSSR count). The standard InChI is InChI=1S/C14H20N2S/c1-11-6-12(2)8-13(7-11)9-17-5-4-14(3,16)10-15/h6-8H,4-5,9,16H2,1-3H3. The van der Waals surface area contributed by atoms with Crippen LogP contribution < -0.4 is 5.73 Å². The van der Waals surface area contributed by atoms with E-state index >= 15 is 0 Å². The average molecular weight is 248 g/mol. The second-order valence-electron chi connectivity index (χ2n) is 4.83. The summed E-state index contributed by atoms with van der Waals surface area (Å²) in [5, 5.41) is 8.80. The summed E-state index contributed by atoms with van der Waals surface area (Å²) in [7, 11) is 0. The lowest BCUT2D eigenvalue weighted by Crippen LogP contribution is -2.34. The maximum Gasteiger partial charge on any atom is 0.102 e. The van der Waals surface area contributed by atoms with Gasteiger partial charge in [0, 0.05) is 5.75 Å². The van der Waals surface area contributed by atoms with Crippen LogP contribution in [0, 0.1) is 25.2 Å². The minimum atomic E-state index is -0.685. The van der Waals surface area contributed by atoms with Crippen LogP contribution in [0.1, 0.15) is 30.0 Å². The van der Waals surface area contributed by atoms with Gasteiger partial charge in [-0.15, -0.1) is 0 Å². The highest BCUT2D eigenvalue weighted by molar-refractivity contribution is 7.98. The van der Waals surface area contributed by atoms with Crippen molar-refractivity contribution in [1.82, 2.24) is 0 Å². The Morgan fingerprint density at radius 3 is 2.41 bits per heavy atom. The van der Waals surface area contributed by atoms with Gasteiger partial charge in [-0.1, -0.05) is 29.3 Å². The van der Waals surface area contributed by atoms with Crippen LogP contribution in [0.5, 0.6) is 0 Å². The van der Waals surface area contributed by atoms with E-state index in [0.29, 0.717) is 0 Å². The fourth-order valence-corrected chi connectivity index (χ4v) is 2.80. The second kappa shape index (κ2) is 6.09. The van der Waals surface area contributed by atoms with E-state index in [9.17, 15) is 0 Å². The Kier molecular flexibility index (Phi) is 5.04. The summed E-state index contributed by atoms with van der Waals surface area (Å²) in [6.07, 6.45) is 0.735. The molecule has 2 N–H and O–H groups in total. The Morgan fingerprint density at radius 2 is 1.88 bits per heavy atom. The number of nitrogens with zero attached hydrogens (tertiary/aromatic N) is 1. The minimum absolute atomic E-state index is 0.685. The highest BCUT2D eigenvalue weighted by atomic mass is 32.2. The zero-order valence-electron chi connectivity index (χ0n) is 10.8. The number of hydrogen-bond acceptors (Lipinski definition) is 3. The van der Waals surface area contributed by atoms with E-state index in [1.54, 1.807) is 6.92 Å². The summed E-state index contributed by atoms with van der Waals surface area (Å²) in [5.74, 6) is 1.91. The Labute approximate surface area is 108 Å². The maximum absolute atomic E-state index is 8.80. The average Bonchev–Trinajstić information content (AvgIpc) is 2.23. The fourth-order valence-electron chi connectivity index (χ4n) is 1.68. The van der Waals surface area contributed by atoms with E-state index in [-0.39, 0.29) is 0 Å². The van der Waals surface area contributed by atoms with Gasteiger partial charge in [-0.2, -0.15) is 17.0 Å². The number of thioether (sulfide) groups is 1. The molecule has 17 heavy (non-hydrogen) atoms. The van der Waals surface area contributed by atoms with Crippen molar-refractivity contribution in [3.63, 3.8) is 0 Å². The molecule has 0 radical (unpaired) electrons. The van der Waals surface area contributed by atoms with Crippen LogP contribution in [0.2, 0.25) is 0 Å². The van der Waals surface area contributed by atoms with Crippen molar-refractivity contribution >= 4 is 11.8 Å². The van der Waals surface area contributed by atoms with E-state index in [4.69, 9.17) is 11.0 Å². The SMILES string of the molecule is Cc1cc(C)cc(CSCCC(C)(N)C#N)c1. The van der Waals surface area contributed by atoms with E-state index in [2.05, 4.69) is 38.1 Å². The van der Waals surface area contributed by atoms with Gasteiger partial charge in [0.25, 0.3) is 0 Å². The highest BCUT2D eigenvalue weighted by Crippen LogP contribution is 2.18. The van der Waals surface area contributed by atoms with Crippen LogP contribution in [0.4, 0.5) is 0 Å². The van der Waals surface area contributed by atoms with Crippen molar-refractivity contribution in [3.05, 3.63) is 34.9 Å². The van der Waals surface area contributed by atoms with Crippen molar-refractivity contribution in [2.24, 2.45) is 5.73 Å². The van der Waals surface area contributed by atoms with Crippen molar-refractivity contribution in [3.8, 4) is 6.07 Å². The van der Waals surface area contributed by atoms with Gasteiger partial charge < -0.3 is 5.73 Å². The zero-order valence-corrected chi connectivity index (χ0v) is 11.6.